The van der Waals surface area contributed by atoms with Crippen molar-refractivity contribution < 1.29 is 0 Å². The maximum atomic E-state index is 4.94. The van der Waals surface area contributed by atoms with Crippen LogP contribution in [0.5, 0.6) is 0 Å². The molecule has 0 aromatic rings. The first kappa shape index (κ1) is 25.9. The first-order valence-corrected chi connectivity index (χ1v) is 14.3. The van der Waals surface area contributed by atoms with Crippen molar-refractivity contribution in [2.24, 2.45) is 22.7 Å². The van der Waals surface area contributed by atoms with E-state index in [4.69, 9.17) is 4.99 Å². The molecule has 0 amide bonds. The lowest BCUT2D eigenvalue weighted by atomic mass is 9.63. The molecule has 2 bridgehead atoms. The zero-order chi connectivity index (χ0) is 24.7. The second-order valence-electron chi connectivity index (χ2n) is 11.7. The third kappa shape index (κ3) is 7.41. The molecule has 4 atom stereocenters. The topological polar surface area (TPSA) is 60.5 Å². The minimum Gasteiger partial charge on any atom is -0.385 e. The van der Waals surface area contributed by atoms with Crippen molar-refractivity contribution in [1.82, 2.24) is 21.3 Å². The average molecular weight is 480 g/mol. The molecule has 35 heavy (non-hydrogen) atoms. The van der Waals surface area contributed by atoms with Gasteiger partial charge in [0.25, 0.3) is 0 Å². The summed E-state index contributed by atoms with van der Waals surface area (Å²) in [5, 5.41) is 14.2. The van der Waals surface area contributed by atoms with Crippen LogP contribution in [-0.2, 0) is 0 Å². The fourth-order valence-corrected chi connectivity index (χ4v) is 6.77. The predicted molar refractivity (Wildman–Crippen MR) is 149 cm³/mol. The summed E-state index contributed by atoms with van der Waals surface area (Å²) in [6.07, 6.45) is 22.4. The van der Waals surface area contributed by atoms with Gasteiger partial charge in [-0.3, -0.25) is 4.99 Å². The van der Waals surface area contributed by atoms with Gasteiger partial charge < -0.3 is 21.3 Å². The molecule has 0 aromatic heterocycles. The van der Waals surface area contributed by atoms with Crippen LogP contribution in [0.25, 0.3) is 0 Å². The van der Waals surface area contributed by atoms with Crippen LogP contribution in [-0.4, -0.2) is 30.5 Å². The van der Waals surface area contributed by atoms with Crippen LogP contribution in [0.3, 0.4) is 0 Å². The Kier molecular flexibility index (Phi) is 9.02. The van der Waals surface area contributed by atoms with Gasteiger partial charge in [0.05, 0.1) is 18.3 Å². The van der Waals surface area contributed by atoms with E-state index in [9.17, 15) is 0 Å². The van der Waals surface area contributed by atoms with Gasteiger partial charge >= 0.3 is 0 Å². The first-order chi connectivity index (χ1) is 16.9. The average Bonchev–Trinajstić information content (AvgIpc) is 2.87. The molecule has 0 radical (unpaired) electrons. The molecule has 3 fully saturated rings. The predicted octanol–water partition coefficient (Wildman–Crippen LogP) is 5.90. The molecular weight excluding hydrogens is 430 g/mol. The van der Waals surface area contributed by atoms with Crippen LogP contribution in [0.15, 0.2) is 53.6 Å². The van der Waals surface area contributed by atoms with Crippen molar-refractivity contribution in [3.05, 3.63) is 48.6 Å². The number of nitrogens with one attached hydrogen (secondary N) is 4. The highest BCUT2D eigenvalue weighted by atomic mass is 15.1. The lowest BCUT2D eigenvalue weighted by Crippen LogP contribution is -2.53. The van der Waals surface area contributed by atoms with Crippen molar-refractivity contribution in [2.45, 2.75) is 102 Å². The zero-order valence-electron chi connectivity index (χ0n) is 22.3. The van der Waals surface area contributed by atoms with E-state index in [-0.39, 0.29) is 11.6 Å². The molecule has 194 valence electrons. The summed E-state index contributed by atoms with van der Waals surface area (Å²) in [7, 11) is 0. The Labute approximate surface area is 214 Å². The van der Waals surface area contributed by atoms with E-state index in [0.717, 1.165) is 47.2 Å². The summed E-state index contributed by atoms with van der Waals surface area (Å²) in [5.74, 6) is 3.51. The van der Waals surface area contributed by atoms with Crippen LogP contribution in [0.2, 0.25) is 0 Å². The van der Waals surface area contributed by atoms with Crippen LogP contribution in [0, 0.1) is 17.8 Å². The fourth-order valence-electron chi connectivity index (χ4n) is 6.77. The smallest absolute Gasteiger partial charge is 0.120 e. The van der Waals surface area contributed by atoms with Gasteiger partial charge in [-0.2, -0.15) is 0 Å². The summed E-state index contributed by atoms with van der Waals surface area (Å²) < 4.78 is 0. The summed E-state index contributed by atoms with van der Waals surface area (Å²) in [6.45, 7) is 14.8. The Hall–Kier alpha value is -2.17. The first-order valence-electron chi connectivity index (χ1n) is 14.3. The maximum absolute atomic E-state index is 4.94. The molecule has 0 saturated heterocycles. The van der Waals surface area contributed by atoms with E-state index in [2.05, 4.69) is 60.4 Å². The van der Waals surface area contributed by atoms with E-state index < -0.39 is 0 Å². The lowest BCUT2D eigenvalue weighted by molar-refractivity contribution is 0.0827. The Morgan fingerprint density at radius 3 is 2.74 bits per heavy atom. The molecule has 3 saturated carbocycles. The highest BCUT2D eigenvalue weighted by molar-refractivity contribution is 5.86. The van der Waals surface area contributed by atoms with Gasteiger partial charge in [0, 0.05) is 29.7 Å². The highest BCUT2D eigenvalue weighted by Crippen LogP contribution is 2.46. The quantitative estimate of drug-likeness (QED) is 0.295. The van der Waals surface area contributed by atoms with Gasteiger partial charge in [0.1, 0.15) is 5.84 Å². The molecular formula is C30H49N5. The molecule has 0 spiro atoms. The van der Waals surface area contributed by atoms with Crippen molar-refractivity contribution in [3.8, 4) is 0 Å². The molecule has 3 aliphatic carbocycles. The van der Waals surface area contributed by atoms with Gasteiger partial charge in [0.2, 0.25) is 0 Å². The zero-order valence-corrected chi connectivity index (χ0v) is 22.3. The second-order valence-corrected chi connectivity index (χ2v) is 11.7. The van der Waals surface area contributed by atoms with E-state index in [1.165, 1.54) is 77.0 Å². The van der Waals surface area contributed by atoms with Gasteiger partial charge in [0.15, 0.2) is 0 Å². The summed E-state index contributed by atoms with van der Waals surface area (Å²) in [5.41, 5.74) is 3.34. The number of aliphatic imine (C=N–C) groups is 1. The molecule has 1 aliphatic heterocycles. The third-order valence-electron chi connectivity index (χ3n) is 8.81. The molecule has 0 aromatic carbocycles. The number of rotatable bonds is 10. The number of hydrogen-bond acceptors (Lipinski definition) is 4. The molecule has 4 unspecified atom stereocenters. The SMILES string of the molecule is C=C(/C=C/C1=CNC(=NC(C)C(=C)NC23CCCC(CC(CC)C2)C3)CN1)NCC1CCCCC1. The van der Waals surface area contributed by atoms with Crippen LogP contribution >= 0.6 is 0 Å². The number of allylic oxidation sites excluding steroid dienone is 2. The van der Waals surface area contributed by atoms with Crippen LogP contribution < -0.4 is 21.3 Å². The number of hydrogen-bond donors (Lipinski definition) is 4. The summed E-state index contributed by atoms with van der Waals surface area (Å²) in [6, 6.07) is 0.0466. The monoisotopic (exact) mass is 479 g/mol. The van der Waals surface area contributed by atoms with Gasteiger partial charge in [-0.15, -0.1) is 0 Å². The van der Waals surface area contributed by atoms with Gasteiger partial charge in [-0.05, 0) is 75.4 Å². The highest BCUT2D eigenvalue weighted by Gasteiger charge is 2.42. The molecule has 5 nitrogen and oxygen atoms in total. The minimum atomic E-state index is 0.0466. The van der Waals surface area contributed by atoms with Crippen molar-refractivity contribution >= 4 is 5.84 Å². The number of nitrogens with zero attached hydrogens (tertiary/aromatic N) is 1. The largest absolute Gasteiger partial charge is 0.385 e. The van der Waals surface area contributed by atoms with E-state index in [1.807, 2.05) is 6.20 Å². The Morgan fingerprint density at radius 1 is 1.17 bits per heavy atom. The van der Waals surface area contributed by atoms with Crippen LogP contribution in [0.1, 0.15) is 90.9 Å². The maximum Gasteiger partial charge on any atom is 0.120 e. The summed E-state index contributed by atoms with van der Waals surface area (Å²) >= 11 is 0. The van der Waals surface area contributed by atoms with E-state index >= 15 is 0 Å². The number of amidine groups is 1. The van der Waals surface area contributed by atoms with Gasteiger partial charge in [-0.25, -0.2) is 0 Å². The standard InChI is InChI=1S/C30H49N5/c1-5-25-16-27-12-9-15-30(17-25,18-27)35-24(4)23(3)34-29-21-32-28(20-33-29)14-13-22(2)31-19-26-10-7-6-8-11-26/h13-14,20,23,25-27,31-32,35H,2,4-12,15-19,21H2,1,3H3,(H,33,34)/b14-13+. The third-order valence-corrected chi connectivity index (χ3v) is 8.81. The Balaban J connectivity index is 1.23. The van der Waals surface area contributed by atoms with E-state index in [1.54, 1.807) is 0 Å². The molecule has 1 heterocycles. The summed E-state index contributed by atoms with van der Waals surface area (Å²) in [4.78, 5) is 4.94. The molecule has 4 rings (SSSR count). The molecule has 4 aliphatic rings. The molecule has 5 heteroatoms. The Morgan fingerprint density at radius 2 is 2.00 bits per heavy atom. The van der Waals surface area contributed by atoms with Gasteiger partial charge in [-0.1, -0.05) is 58.6 Å². The van der Waals surface area contributed by atoms with Crippen LogP contribution in [0.4, 0.5) is 0 Å². The normalized spacial score (nSPS) is 31.3. The molecule has 4 N–H and O–H groups in total. The second kappa shape index (κ2) is 12.2. The minimum absolute atomic E-state index is 0.0466. The van der Waals surface area contributed by atoms with E-state index in [0.29, 0.717) is 6.54 Å². The van der Waals surface area contributed by atoms with Crippen molar-refractivity contribution in [2.75, 3.05) is 13.1 Å². The fraction of sp³-hybridized carbons (Fsp3) is 0.700. The van der Waals surface area contributed by atoms with Crippen molar-refractivity contribution in [3.63, 3.8) is 0 Å². The number of fused-ring (bicyclic) bond motifs is 2. The van der Waals surface area contributed by atoms with Crippen molar-refractivity contribution in [1.29, 1.82) is 0 Å². The lowest BCUT2D eigenvalue weighted by Gasteiger charge is -2.50. The Bertz CT molecular complexity index is 834.